The van der Waals surface area contributed by atoms with Crippen molar-refractivity contribution in [3.63, 3.8) is 0 Å². The highest BCUT2D eigenvalue weighted by atomic mass is 16.5. The fourth-order valence-corrected chi connectivity index (χ4v) is 2.30. The van der Waals surface area contributed by atoms with Crippen LogP contribution in [-0.4, -0.2) is 18.7 Å². The highest BCUT2D eigenvalue weighted by Crippen LogP contribution is 2.40. The van der Waals surface area contributed by atoms with Crippen molar-refractivity contribution >= 4 is 17.1 Å². The van der Waals surface area contributed by atoms with Crippen LogP contribution in [0.2, 0.25) is 0 Å². The molecule has 1 aromatic carbocycles. The average molecular weight is 281 g/mol. The zero-order valence-electron chi connectivity index (χ0n) is 11.8. The maximum absolute atomic E-state index is 8.83. The van der Waals surface area contributed by atoms with Crippen molar-refractivity contribution in [1.82, 2.24) is 4.98 Å². The highest BCUT2D eigenvalue weighted by Gasteiger charge is 2.19. The van der Waals surface area contributed by atoms with Crippen LogP contribution in [0, 0.1) is 18.3 Å². The molecule has 21 heavy (non-hydrogen) atoms. The van der Waals surface area contributed by atoms with Gasteiger partial charge in [0.25, 0.3) is 0 Å². The van der Waals surface area contributed by atoms with Crippen LogP contribution in [0.1, 0.15) is 11.3 Å². The first-order valence-corrected chi connectivity index (χ1v) is 6.51. The van der Waals surface area contributed by atoms with Gasteiger partial charge in [-0.3, -0.25) is 0 Å². The van der Waals surface area contributed by atoms with E-state index in [1.165, 1.54) is 0 Å². The van der Waals surface area contributed by atoms with Gasteiger partial charge in [0.05, 0.1) is 29.9 Å². The number of fused-ring (bicyclic) bond motifs is 1. The van der Waals surface area contributed by atoms with Crippen molar-refractivity contribution in [3.05, 3.63) is 35.7 Å². The largest absolute Gasteiger partial charge is 0.455 e. The fraction of sp³-hybridized carbons (Fsp3) is 0.200. The van der Waals surface area contributed by atoms with Crippen molar-refractivity contribution < 1.29 is 4.74 Å². The number of nitriles is 1. The first kappa shape index (κ1) is 13.1. The van der Waals surface area contributed by atoms with Crippen LogP contribution in [0.4, 0.5) is 17.1 Å². The van der Waals surface area contributed by atoms with Crippen LogP contribution in [0.5, 0.6) is 11.5 Å². The minimum atomic E-state index is 0.372. The molecule has 0 unspecified atom stereocenters. The van der Waals surface area contributed by atoms with E-state index in [0.29, 0.717) is 22.9 Å². The van der Waals surface area contributed by atoms with E-state index in [9.17, 15) is 0 Å². The van der Waals surface area contributed by atoms with Gasteiger partial charge in [0.15, 0.2) is 0 Å². The Hall–Kier alpha value is -2.94. The van der Waals surface area contributed by atoms with Crippen molar-refractivity contribution in [2.75, 3.05) is 29.7 Å². The van der Waals surface area contributed by atoms with Gasteiger partial charge in [-0.15, -0.1) is 0 Å². The summed E-state index contributed by atoms with van der Waals surface area (Å²) in [4.78, 5) is 6.08. The molecule has 2 aromatic rings. The van der Waals surface area contributed by atoms with Gasteiger partial charge in [-0.25, -0.2) is 4.98 Å². The minimum absolute atomic E-state index is 0.372. The standard InChI is InChI=1S/C15H15N5O/c1-9-3-10(6-16)18-7-14(9)21-11-4-12(17)15-13(5-11)20(2)8-19-15/h3-5,7,19H,8,17H2,1-2H3. The van der Waals surface area contributed by atoms with Crippen LogP contribution < -0.4 is 20.7 Å². The Morgan fingerprint density at radius 3 is 2.95 bits per heavy atom. The summed E-state index contributed by atoms with van der Waals surface area (Å²) in [6.07, 6.45) is 1.55. The summed E-state index contributed by atoms with van der Waals surface area (Å²) in [6.45, 7) is 2.60. The minimum Gasteiger partial charge on any atom is -0.455 e. The summed E-state index contributed by atoms with van der Waals surface area (Å²) in [5.74, 6) is 1.26. The molecule has 2 heterocycles. The molecule has 1 aliphatic rings. The predicted molar refractivity (Wildman–Crippen MR) is 81.5 cm³/mol. The van der Waals surface area contributed by atoms with E-state index in [-0.39, 0.29) is 0 Å². The van der Waals surface area contributed by atoms with Crippen molar-refractivity contribution in [2.24, 2.45) is 0 Å². The number of nitrogens with zero attached hydrogens (tertiary/aromatic N) is 3. The van der Waals surface area contributed by atoms with Gasteiger partial charge in [-0.2, -0.15) is 5.26 Å². The zero-order valence-corrected chi connectivity index (χ0v) is 11.8. The van der Waals surface area contributed by atoms with Crippen LogP contribution in [0.25, 0.3) is 0 Å². The van der Waals surface area contributed by atoms with Gasteiger partial charge in [0, 0.05) is 19.2 Å². The maximum Gasteiger partial charge on any atom is 0.148 e. The van der Waals surface area contributed by atoms with Crippen LogP contribution >= 0.6 is 0 Å². The number of nitrogens with one attached hydrogen (secondary N) is 1. The molecule has 0 amide bonds. The summed E-state index contributed by atoms with van der Waals surface area (Å²) in [7, 11) is 1.98. The molecule has 6 nitrogen and oxygen atoms in total. The number of rotatable bonds is 2. The number of ether oxygens (including phenoxy) is 1. The molecule has 3 rings (SSSR count). The van der Waals surface area contributed by atoms with Crippen LogP contribution in [0.15, 0.2) is 24.4 Å². The van der Waals surface area contributed by atoms with E-state index in [0.717, 1.165) is 23.6 Å². The summed E-state index contributed by atoms with van der Waals surface area (Å²) < 4.78 is 5.86. The molecule has 1 aliphatic heterocycles. The van der Waals surface area contributed by atoms with Crippen molar-refractivity contribution in [3.8, 4) is 17.6 Å². The van der Waals surface area contributed by atoms with E-state index in [1.54, 1.807) is 18.3 Å². The van der Waals surface area contributed by atoms with E-state index in [1.807, 2.05) is 26.1 Å². The number of aromatic nitrogens is 1. The van der Waals surface area contributed by atoms with Gasteiger partial charge >= 0.3 is 0 Å². The van der Waals surface area contributed by atoms with Crippen molar-refractivity contribution in [1.29, 1.82) is 5.26 Å². The molecular formula is C15H15N5O. The second-order valence-corrected chi connectivity index (χ2v) is 4.99. The molecule has 0 saturated heterocycles. The fourth-order valence-electron chi connectivity index (χ4n) is 2.30. The smallest absolute Gasteiger partial charge is 0.148 e. The van der Waals surface area contributed by atoms with Gasteiger partial charge in [-0.05, 0) is 18.6 Å². The molecule has 0 saturated carbocycles. The lowest BCUT2D eigenvalue weighted by Gasteiger charge is -2.14. The quantitative estimate of drug-likeness (QED) is 0.822. The summed E-state index contributed by atoms with van der Waals surface area (Å²) >= 11 is 0. The van der Waals surface area contributed by atoms with E-state index < -0.39 is 0 Å². The number of nitrogens with two attached hydrogens (primary N) is 1. The normalized spacial score (nSPS) is 12.5. The van der Waals surface area contributed by atoms with Gasteiger partial charge in [-0.1, -0.05) is 0 Å². The maximum atomic E-state index is 8.83. The van der Waals surface area contributed by atoms with Gasteiger partial charge in [0.2, 0.25) is 0 Å². The molecule has 6 heteroatoms. The molecular weight excluding hydrogens is 266 g/mol. The summed E-state index contributed by atoms with van der Waals surface area (Å²) in [5, 5.41) is 12.1. The Balaban J connectivity index is 1.94. The van der Waals surface area contributed by atoms with E-state index in [2.05, 4.69) is 15.2 Å². The predicted octanol–water partition coefficient (Wildman–Crippen LogP) is 2.46. The highest BCUT2D eigenvalue weighted by molar-refractivity contribution is 5.86. The first-order chi connectivity index (χ1) is 10.1. The molecule has 0 radical (unpaired) electrons. The molecule has 0 fully saturated rings. The monoisotopic (exact) mass is 281 g/mol. The zero-order chi connectivity index (χ0) is 15.0. The van der Waals surface area contributed by atoms with Crippen molar-refractivity contribution in [2.45, 2.75) is 6.92 Å². The molecule has 106 valence electrons. The average Bonchev–Trinajstić information content (AvgIpc) is 2.83. The molecule has 0 spiro atoms. The number of nitrogen functional groups attached to an aromatic ring is 1. The molecule has 1 aromatic heterocycles. The lowest BCUT2D eigenvalue weighted by atomic mass is 10.2. The van der Waals surface area contributed by atoms with Gasteiger partial charge in [0.1, 0.15) is 23.3 Å². The molecule has 0 bridgehead atoms. The van der Waals surface area contributed by atoms with E-state index in [4.69, 9.17) is 15.7 Å². The Bertz CT molecular complexity index is 750. The third-order valence-electron chi connectivity index (χ3n) is 3.43. The Labute approximate surface area is 122 Å². The van der Waals surface area contributed by atoms with E-state index >= 15 is 0 Å². The molecule has 0 aliphatic carbocycles. The third-order valence-corrected chi connectivity index (χ3v) is 3.43. The molecule has 0 atom stereocenters. The topological polar surface area (TPSA) is 87.2 Å². The summed E-state index contributed by atoms with van der Waals surface area (Å²) in [5.41, 5.74) is 9.85. The number of pyridine rings is 1. The number of aryl methyl sites for hydroxylation is 1. The Morgan fingerprint density at radius 2 is 2.24 bits per heavy atom. The summed E-state index contributed by atoms with van der Waals surface area (Å²) in [6, 6.07) is 7.41. The second kappa shape index (κ2) is 4.87. The molecule has 3 N–H and O–H groups in total. The number of hydrogen-bond donors (Lipinski definition) is 2. The number of benzene rings is 1. The lowest BCUT2D eigenvalue weighted by molar-refractivity contribution is 0.477. The second-order valence-electron chi connectivity index (χ2n) is 4.99. The van der Waals surface area contributed by atoms with Gasteiger partial charge < -0.3 is 20.7 Å². The Kier molecular flexibility index (Phi) is 3.03. The van der Waals surface area contributed by atoms with Crippen LogP contribution in [-0.2, 0) is 0 Å². The SMILES string of the molecule is Cc1cc(C#N)ncc1Oc1cc(N)c2c(c1)N(C)CN2. The lowest BCUT2D eigenvalue weighted by Crippen LogP contribution is -2.15. The third kappa shape index (κ3) is 2.30. The number of anilines is 3. The Morgan fingerprint density at radius 1 is 1.43 bits per heavy atom. The first-order valence-electron chi connectivity index (χ1n) is 6.51. The number of hydrogen-bond acceptors (Lipinski definition) is 6. The van der Waals surface area contributed by atoms with Crippen LogP contribution in [0.3, 0.4) is 0 Å².